The minimum absolute atomic E-state index is 0.802. The van der Waals surface area contributed by atoms with Crippen molar-refractivity contribution in [3.63, 3.8) is 0 Å². The minimum atomic E-state index is 0.802. The van der Waals surface area contributed by atoms with Crippen molar-refractivity contribution < 1.29 is 9.47 Å². The first kappa shape index (κ1) is 35.6. The van der Waals surface area contributed by atoms with Gasteiger partial charge in [0, 0.05) is 56.7 Å². The number of benzene rings is 9. The second kappa shape index (κ2) is 13.8. The fourth-order valence-corrected chi connectivity index (χ4v) is 10.1. The summed E-state index contributed by atoms with van der Waals surface area (Å²) in [5.74, 6) is 3.24. The third-order valence-corrected chi connectivity index (χ3v) is 13.0. The Kier molecular flexibility index (Phi) is 7.55. The van der Waals surface area contributed by atoms with Crippen LogP contribution in [0.5, 0.6) is 23.0 Å². The fourth-order valence-electron chi connectivity index (χ4n) is 10.1. The van der Waals surface area contributed by atoms with E-state index in [1.54, 1.807) is 0 Å². The first-order valence-electron chi connectivity index (χ1n) is 21.9. The molecule has 0 bridgehead atoms. The van der Waals surface area contributed by atoms with Gasteiger partial charge >= 0.3 is 0 Å². The molecule has 0 radical (unpaired) electrons. The molecule has 65 heavy (non-hydrogen) atoms. The SMILES string of the molecule is c1ccc(-n2ccc3cc4c(cc32)N(c2ccc(N3c5ccccc5Oc5cc6ccn(-c7cccc8c9ccccc9n(-c9ccccc9)c78)c6cc53)cc2)c2ccccc2O4)cc1. The lowest BCUT2D eigenvalue weighted by Crippen LogP contribution is -2.17. The average Bonchev–Trinajstić information content (AvgIpc) is 4.08. The Labute approximate surface area is 374 Å². The lowest BCUT2D eigenvalue weighted by Gasteiger charge is -2.35. The second-order valence-corrected chi connectivity index (χ2v) is 16.7. The maximum atomic E-state index is 6.73. The lowest BCUT2D eigenvalue weighted by molar-refractivity contribution is 0.477. The van der Waals surface area contributed by atoms with Crippen molar-refractivity contribution in [2.24, 2.45) is 0 Å². The Bertz CT molecular complexity index is 3850. The molecule has 0 aliphatic carbocycles. The van der Waals surface area contributed by atoms with Crippen molar-refractivity contribution in [2.45, 2.75) is 0 Å². The summed E-state index contributed by atoms with van der Waals surface area (Å²) in [4.78, 5) is 4.64. The van der Waals surface area contributed by atoms with E-state index in [1.807, 2.05) is 30.3 Å². The Morgan fingerprint density at radius 1 is 0.292 bits per heavy atom. The summed E-state index contributed by atoms with van der Waals surface area (Å²) < 4.78 is 20.3. The maximum Gasteiger partial charge on any atom is 0.152 e. The van der Waals surface area contributed by atoms with Crippen molar-refractivity contribution in [2.75, 3.05) is 9.80 Å². The molecular weight excluding hydrogens is 799 g/mol. The molecule has 7 nitrogen and oxygen atoms in total. The summed E-state index contributed by atoms with van der Waals surface area (Å²) >= 11 is 0. The van der Waals surface area contributed by atoms with Crippen LogP contribution in [0, 0.1) is 0 Å². The van der Waals surface area contributed by atoms with E-state index in [9.17, 15) is 0 Å². The van der Waals surface area contributed by atoms with Gasteiger partial charge in [-0.2, -0.15) is 0 Å². The predicted molar refractivity (Wildman–Crippen MR) is 264 cm³/mol. The highest BCUT2D eigenvalue weighted by Gasteiger charge is 2.30. The number of anilines is 6. The topological polar surface area (TPSA) is 39.7 Å². The summed E-state index contributed by atoms with van der Waals surface area (Å²) in [6.07, 6.45) is 4.32. The summed E-state index contributed by atoms with van der Waals surface area (Å²) in [6, 6.07) is 75.1. The van der Waals surface area contributed by atoms with E-state index in [-0.39, 0.29) is 0 Å². The molecular formula is C58H37N5O2. The monoisotopic (exact) mass is 835 g/mol. The van der Waals surface area contributed by atoms with Crippen molar-refractivity contribution >= 4 is 77.7 Å². The van der Waals surface area contributed by atoms with E-state index < -0.39 is 0 Å². The smallest absolute Gasteiger partial charge is 0.152 e. The number of fused-ring (bicyclic) bond motifs is 9. The molecule has 2 aliphatic rings. The molecule has 0 atom stereocenters. The summed E-state index contributed by atoms with van der Waals surface area (Å²) in [5.41, 5.74) is 13.8. The highest BCUT2D eigenvalue weighted by molar-refractivity contribution is 6.12. The number of nitrogens with zero attached hydrogens (tertiary/aromatic N) is 5. The molecule has 0 unspecified atom stereocenters. The molecule has 0 N–H and O–H groups in total. The van der Waals surface area contributed by atoms with Crippen molar-refractivity contribution in [3.8, 4) is 40.1 Å². The highest BCUT2D eigenvalue weighted by Crippen LogP contribution is 2.54. The highest BCUT2D eigenvalue weighted by atomic mass is 16.5. The third-order valence-electron chi connectivity index (χ3n) is 13.0. The van der Waals surface area contributed by atoms with E-state index >= 15 is 0 Å². The fraction of sp³-hybridized carbons (Fsp3) is 0. The van der Waals surface area contributed by atoms with Gasteiger partial charge in [0.05, 0.1) is 50.5 Å². The zero-order valence-corrected chi connectivity index (χ0v) is 34.9. The summed E-state index contributed by atoms with van der Waals surface area (Å²) in [5, 5.41) is 4.64. The van der Waals surface area contributed by atoms with Crippen LogP contribution in [-0.4, -0.2) is 13.7 Å². The number of para-hydroxylation sites is 8. The molecule has 0 saturated heterocycles. The van der Waals surface area contributed by atoms with Gasteiger partial charge in [0.15, 0.2) is 23.0 Å². The standard InChI is InChI=1S/C58H37N5O2/c1-3-14-40(15-4-1)59-32-30-38-34-56-52(36-50(38)59)61(47-21-9-11-24-54(47)64-56)42-26-28-43(29-27-42)62-48-22-10-12-25-55(48)65-57-35-39-31-33-60(51(39)37-53(57)62)49-23-13-19-45-44-18-7-8-20-46(44)63(58(45)49)41-16-5-2-6-17-41/h1-37H. The van der Waals surface area contributed by atoms with Crippen LogP contribution < -0.4 is 19.3 Å². The van der Waals surface area contributed by atoms with Crippen LogP contribution in [0.25, 0.3) is 60.7 Å². The van der Waals surface area contributed by atoms with Crippen LogP contribution >= 0.6 is 0 Å². The Balaban J connectivity index is 0.918. The van der Waals surface area contributed by atoms with E-state index in [2.05, 4.69) is 218 Å². The average molecular weight is 836 g/mol. The van der Waals surface area contributed by atoms with Gasteiger partial charge in [0.25, 0.3) is 0 Å². The molecule has 5 heterocycles. The molecule has 7 heteroatoms. The summed E-state index contributed by atoms with van der Waals surface area (Å²) in [7, 11) is 0. The zero-order chi connectivity index (χ0) is 42.6. The van der Waals surface area contributed by atoms with Crippen LogP contribution in [0.2, 0.25) is 0 Å². The van der Waals surface area contributed by atoms with Crippen LogP contribution in [0.15, 0.2) is 225 Å². The van der Waals surface area contributed by atoms with Crippen LogP contribution in [-0.2, 0) is 0 Å². The molecule has 0 saturated carbocycles. The molecule has 0 fully saturated rings. The lowest BCUT2D eigenvalue weighted by atomic mass is 10.1. The number of aromatic nitrogens is 3. The van der Waals surface area contributed by atoms with Crippen molar-refractivity contribution in [3.05, 3.63) is 225 Å². The molecule has 9 aromatic carbocycles. The van der Waals surface area contributed by atoms with Gasteiger partial charge in [-0.25, -0.2) is 0 Å². The minimum Gasteiger partial charge on any atom is -0.453 e. The molecule has 0 spiro atoms. The molecule has 306 valence electrons. The van der Waals surface area contributed by atoms with E-state index in [4.69, 9.17) is 9.47 Å². The first-order valence-corrected chi connectivity index (χ1v) is 21.9. The van der Waals surface area contributed by atoms with Crippen LogP contribution in [0.3, 0.4) is 0 Å². The normalized spacial score (nSPS) is 12.8. The van der Waals surface area contributed by atoms with Gasteiger partial charge in [0.2, 0.25) is 0 Å². The van der Waals surface area contributed by atoms with E-state index in [0.29, 0.717) is 0 Å². The second-order valence-electron chi connectivity index (χ2n) is 16.7. The third kappa shape index (κ3) is 5.36. The van der Waals surface area contributed by atoms with Crippen LogP contribution in [0.1, 0.15) is 0 Å². The molecule has 2 aliphatic heterocycles. The van der Waals surface area contributed by atoms with Gasteiger partial charge < -0.3 is 33.0 Å². The molecule has 0 amide bonds. The molecule has 14 rings (SSSR count). The largest absolute Gasteiger partial charge is 0.453 e. The van der Waals surface area contributed by atoms with Gasteiger partial charge in [-0.05, 0) is 121 Å². The number of rotatable bonds is 5. The van der Waals surface area contributed by atoms with E-state index in [1.165, 1.54) is 16.3 Å². The number of hydrogen-bond acceptors (Lipinski definition) is 4. The van der Waals surface area contributed by atoms with E-state index in [0.717, 1.165) is 102 Å². The first-order chi connectivity index (χ1) is 32.2. The van der Waals surface area contributed by atoms with Crippen molar-refractivity contribution in [1.82, 2.24) is 13.7 Å². The number of ether oxygens (including phenoxy) is 2. The molecule has 3 aromatic heterocycles. The maximum absolute atomic E-state index is 6.73. The Hall–Kier alpha value is -8.94. The molecule has 12 aromatic rings. The van der Waals surface area contributed by atoms with Gasteiger partial charge in [-0.3, -0.25) is 0 Å². The zero-order valence-electron chi connectivity index (χ0n) is 34.9. The predicted octanol–water partition coefficient (Wildman–Crippen LogP) is 15.8. The Morgan fingerprint density at radius 2 is 0.785 bits per heavy atom. The van der Waals surface area contributed by atoms with Crippen molar-refractivity contribution in [1.29, 1.82) is 0 Å². The van der Waals surface area contributed by atoms with Gasteiger partial charge in [-0.1, -0.05) is 91.0 Å². The Morgan fingerprint density at radius 3 is 1.42 bits per heavy atom. The van der Waals surface area contributed by atoms with Gasteiger partial charge in [0.1, 0.15) is 0 Å². The van der Waals surface area contributed by atoms with Crippen LogP contribution in [0.4, 0.5) is 34.1 Å². The quantitative estimate of drug-likeness (QED) is 0.173. The number of hydrogen-bond donors (Lipinski definition) is 0. The summed E-state index contributed by atoms with van der Waals surface area (Å²) in [6.45, 7) is 0. The van der Waals surface area contributed by atoms with Gasteiger partial charge in [-0.15, -0.1) is 0 Å².